The molecule has 3 aromatic rings. The van der Waals surface area contributed by atoms with E-state index in [9.17, 15) is 18.0 Å². The highest BCUT2D eigenvalue weighted by atomic mass is 19.4. The minimum atomic E-state index is -4.49. The van der Waals surface area contributed by atoms with E-state index in [1.54, 1.807) is 0 Å². The molecular formula is C20H18F3N3O2. The summed E-state index contributed by atoms with van der Waals surface area (Å²) in [5.41, 5.74) is -0.215. The Morgan fingerprint density at radius 3 is 2.71 bits per heavy atom. The largest absolute Gasteiger partial charge is 0.416 e. The van der Waals surface area contributed by atoms with Crippen LogP contribution in [0.25, 0.3) is 10.9 Å². The molecule has 0 unspecified atom stereocenters. The number of alkyl halides is 3. The molecule has 4 rings (SSSR count). The predicted molar refractivity (Wildman–Crippen MR) is 97.7 cm³/mol. The number of halogens is 3. The fourth-order valence-corrected chi connectivity index (χ4v) is 3.45. The van der Waals surface area contributed by atoms with Crippen molar-refractivity contribution in [3.05, 3.63) is 75.8 Å². The van der Waals surface area contributed by atoms with Gasteiger partial charge in [-0.3, -0.25) is 4.79 Å². The summed E-state index contributed by atoms with van der Waals surface area (Å²) in [5.74, 6) is 0.288. The maximum absolute atomic E-state index is 12.9. The number of aromatic amines is 1. The lowest BCUT2D eigenvalue weighted by atomic mass is 10.0. The van der Waals surface area contributed by atoms with Crippen LogP contribution >= 0.6 is 0 Å². The van der Waals surface area contributed by atoms with Crippen LogP contribution in [0.3, 0.4) is 0 Å². The molecule has 0 radical (unpaired) electrons. The predicted octanol–water partition coefficient (Wildman–Crippen LogP) is 3.56. The van der Waals surface area contributed by atoms with Crippen LogP contribution in [0.1, 0.15) is 29.5 Å². The first-order valence-corrected chi connectivity index (χ1v) is 8.92. The SMILES string of the molecule is O=c1[nH]c(CN[C@@H]2CCO[C@H]2c2ccccc2)nc2cc(C(F)(F)F)ccc12. The van der Waals surface area contributed by atoms with Crippen LogP contribution in [0.4, 0.5) is 13.2 Å². The van der Waals surface area contributed by atoms with E-state index >= 15 is 0 Å². The lowest BCUT2D eigenvalue weighted by Crippen LogP contribution is -2.32. The molecule has 1 aliphatic heterocycles. The minimum Gasteiger partial charge on any atom is -0.372 e. The van der Waals surface area contributed by atoms with Crippen LogP contribution in [0.2, 0.25) is 0 Å². The van der Waals surface area contributed by atoms with E-state index < -0.39 is 17.3 Å². The van der Waals surface area contributed by atoms with Gasteiger partial charge in [-0.15, -0.1) is 0 Å². The molecule has 2 atom stereocenters. The number of ether oxygens (including phenoxy) is 1. The van der Waals surface area contributed by atoms with Gasteiger partial charge >= 0.3 is 6.18 Å². The maximum Gasteiger partial charge on any atom is 0.416 e. The molecule has 8 heteroatoms. The van der Waals surface area contributed by atoms with Gasteiger partial charge in [0, 0.05) is 12.6 Å². The fraction of sp³-hybridized carbons (Fsp3) is 0.300. The number of benzene rings is 2. The van der Waals surface area contributed by atoms with Gasteiger partial charge in [0.25, 0.3) is 5.56 Å². The highest BCUT2D eigenvalue weighted by Crippen LogP contribution is 2.31. The smallest absolute Gasteiger partial charge is 0.372 e. The average Bonchev–Trinajstić information content (AvgIpc) is 3.14. The van der Waals surface area contributed by atoms with Crippen molar-refractivity contribution in [2.45, 2.75) is 31.3 Å². The van der Waals surface area contributed by atoms with Gasteiger partial charge in [-0.2, -0.15) is 13.2 Å². The number of fused-ring (bicyclic) bond motifs is 1. The number of hydrogen-bond donors (Lipinski definition) is 2. The van der Waals surface area contributed by atoms with Crippen LogP contribution in [0.15, 0.2) is 53.3 Å². The summed E-state index contributed by atoms with van der Waals surface area (Å²) < 4.78 is 44.6. The quantitative estimate of drug-likeness (QED) is 0.716. The first kappa shape index (κ1) is 18.6. The van der Waals surface area contributed by atoms with Crippen molar-refractivity contribution < 1.29 is 17.9 Å². The molecule has 146 valence electrons. The highest BCUT2D eigenvalue weighted by Gasteiger charge is 2.31. The second kappa shape index (κ2) is 7.37. The van der Waals surface area contributed by atoms with Crippen molar-refractivity contribution in [1.82, 2.24) is 15.3 Å². The molecule has 2 heterocycles. The van der Waals surface area contributed by atoms with Crippen LogP contribution < -0.4 is 10.9 Å². The maximum atomic E-state index is 12.9. The Hall–Kier alpha value is -2.71. The van der Waals surface area contributed by atoms with Crippen molar-refractivity contribution >= 4 is 10.9 Å². The zero-order valence-electron chi connectivity index (χ0n) is 14.8. The summed E-state index contributed by atoms with van der Waals surface area (Å²) in [6.45, 7) is 0.826. The van der Waals surface area contributed by atoms with Gasteiger partial charge in [-0.05, 0) is 30.2 Å². The van der Waals surface area contributed by atoms with Crippen molar-refractivity contribution in [2.75, 3.05) is 6.61 Å². The van der Waals surface area contributed by atoms with E-state index in [0.29, 0.717) is 6.61 Å². The fourth-order valence-electron chi connectivity index (χ4n) is 3.45. The molecule has 1 aromatic heterocycles. The number of H-pyrrole nitrogens is 1. The summed E-state index contributed by atoms with van der Waals surface area (Å²) in [4.78, 5) is 19.1. The number of nitrogens with one attached hydrogen (secondary N) is 2. The van der Waals surface area contributed by atoms with Crippen molar-refractivity contribution in [2.24, 2.45) is 0 Å². The van der Waals surface area contributed by atoms with Crippen molar-refractivity contribution in [1.29, 1.82) is 0 Å². The van der Waals surface area contributed by atoms with Crippen LogP contribution in [0, 0.1) is 0 Å². The summed E-state index contributed by atoms with van der Waals surface area (Å²) in [7, 11) is 0. The number of aromatic nitrogens is 2. The van der Waals surface area contributed by atoms with Crippen molar-refractivity contribution in [3.63, 3.8) is 0 Å². The Morgan fingerprint density at radius 1 is 1.18 bits per heavy atom. The molecule has 1 saturated heterocycles. The molecule has 5 nitrogen and oxygen atoms in total. The van der Waals surface area contributed by atoms with E-state index in [-0.39, 0.29) is 35.4 Å². The van der Waals surface area contributed by atoms with E-state index in [1.807, 2.05) is 30.3 Å². The Morgan fingerprint density at radius 2 is 1.96 bits per heavy atom. The summed E-state index contributed by atoms with van der Waals surface area (Å²) in [6.07, 6.45) is -3.82. The van der Waals surface area contributed by atoms with E-state index in [1.165, 1.54) is 0 Å². The molecule has 0 amide bonds. The molecule has 0 saturated carbocycles. The lowest BCUT2D eigenvalue weighted by Gasteiger charge is -2.20. The van der Waals surface area contributed by atoms with Gasteiger partial charge in [-0.25, -0.2) is 4.98 Å². The average molecular weight is 389 g/mol. The topological polar surface area (TPSA) is 67.0 Å². The van der Waals surface area contributed by atoms with Gasteiger partial charge in [0.15, 0.2) is 0 Å². The van der Waals surface area contributed by atoms with Gasteiger partial charge < -0.3 is 15.0 Å². The zero-order valence-corrected chi connectivity index (χ0v) is 14.8. The second-order valence-corrected chi connectivity index (χ2v) is 6.72. The normalized spacial score (nSPS) is 20.0. The number of nitrogens with zero attached hydrogens (tertiary/aromatic N) is 1. The molecule has 1 fully saturated rings. The Balaban J connectivity index is 1.55. The summed E-state index contributed by atoms with van der Waals surface area (Å²) >= 11 is 0. The number of rotatable bonds is 4. The molecule has 2 N–H and O–H groups in total. The lowest BCUT2D eigenvalue weighted by molar-refractivity contribution is -0.137. The van der Waals surface area contributed by atoms with Gasteiger partial charge in [0.2, 0.25) is 0 Å². The van der Waals surface area contributed by atoms with E-state index in [4.69, 9.17) is 4.74 Å². The van der Waals surface area contributed by atoms with Crippen LogP contribution in [-0.4, -0.2) is 22.6 Å². The van der Waals surface area contributed by atoms with Crippen LogP contribution in [0.5, 0.6) is 0 Å². The molecule has 0 spiro atoms. The van der Waals surface area contributed by atoms with Crippen molar-refractivity contribution in [3.8, 4) is 0 Å². The van der Waals surface area contributed by atoms with Gasteiger partial charge in [-0.1, -0.05) is 30.3 Å². The summed E-state index contributed by atoms with van der Waals surface area (Å²) in [5, 5.41) is 3.43. The monoisotopic (exact) mass is 389 g/mol. The molecule has 1 aliphatic rings. The molecule has 28 heavy (non-hydrogen) atoms. The zero-order chi connectivity index (χ0) is 19.7. The first-order chi connectivity index (χ1) is 13.4. The molecule has 2 aromatic carbocycles. The van der Waals surface area contributed by atoms with Gasteiger partial charge in [0.1, 0.15) is 5.82 Å². The van der Waals surface area contributed by atoms with E-state index in [2.05, 4.69) is 15.3 Å². The highest BCUT2D eigenvalue weighted by molar-refractivity contribution is 5.78. The third-order valence-corrected chi connectivity index (χ3v) is 4.83. The second-order valence-electron chi connectivity index (χ2n) is 6.72. The van der Waals surface area contributed by atoms with E-state index in [0.717, 1.165) is 30.2 Å². The number of hydrogen-bond acceptors (Lipinski definition) is 4. The Kier molecular flexibility index (Phi) is 4.91. The molecular weight excluding hydrogens is 371 g/mol. The third kappa shape index (κ3) is 3.79. The van der Waals surface area contributed by atoms with Gasteiger partial charge in [0.05, 0.1) is 29.1 Å². The standard InChI is InChI=1S/C20H18F3N3O2/c21-20(22,23)13-6-7-14-16(10-13)25-17(26-19(14)27)11-24-15-8-9-28-18(15)12-4-2-1-3-5-12/h1-7,10,15,18,24H,8-9,11H2,(H,25,26,27)/t15-,18+/m1/s1. The third-order valence-electron chi connectivity index (χ3n) is 4.83. The molecule has 0 aliphatic carbocycles. The first-order valence-electron chi connectivity index (χ1n) is 8.92. The summed E-state index contributed by atoms with van der Waals surface area (Å²) in [6, 6.07) is 12.7. The Labute approximate surface area is 158 Å². The Bertz CT molecular complexity index is 1030. The minimum absolute atomic E-state index is 0.0184. The molecule has 0 bridgehead atoms. The van der Waals surface area contributed by atoms with Crippen LogP contribution in [-0.2, 0) is 17.5 Å².